The molecule has 6 rings (SSSR count). The number of carbonyl (C=O) groups excluding carboxylic acids is 5. The predicted octanol–water partition coefficient (Wildman–Crippen LogP) is 8.09. The van der Waals surface area contributed by atoms with Gasteiger partial charge in [-0.3, -0.25) is 24.0 Å². The molecule has 15 nitrogen and oxygen atoms in total. The lowest BCUT2D eigenvalue weighted by atomic mass is 9.80. The van der Waals surface area contributed by atoms with Crippen LogP contribution in [-0.2, 0) is 38.1 Å². The highest BCUT2D eigenvalue weighted by atomic mass is 16.6. The molecule has 1 aliphatic carbocycles. The summed E-state index contributed by atoms with van der Waals surface area (Å²) in [7, 11) is 0. The van der Waals surface area contributed by atoms with E-state index in [4.69, 9.17) is 18.9 Å². The number of ketones is 1. The summed E-state index contributed by atoms with van der Waals surface area (Å²) >= 11 is 0. The quantitative estimate of drug-likeness (QED) is 0.0477. The van der Waals surface area contributed by atoms with Gasteiger partial charge in [0.2, 0.25) is 0 Å². The van der Waals surface area contributed by atoms with E-state index in [1.807, 2.05) is 6.07 Å². The molecule has 15 heteroatoms. The maximum Gasteiger partial charge on any atom is 0.310 e. The summed E-state index contributed by atoms with van der Waals surface area (Å²) in [6, 6.07) is 8.63. The topological polar surface area (TPSA) is 211 Å². The number of rotatable bonds is 13. The molecular weight excluding hydrogens is 929 g/mol. The van der Waals surface area contributed by atoms with E-state index in [9.17, 15) is 34.2 Å². The van der Waals surface area contributed by atoms with Crippen LogP contribution in [0.4, 0.5) is 0 Å². The smallest absolute Gasteiger partial charge is 0.310 e. The van der Waals surface area contributed by atoms with Crippen molar-refractivity contribution in [3.63, 3.8) is 0 Å². The molecule has 73 heavy (non-hydrogen) atoms. The summed E-state index contributed by atoms with van der Waals surface area (Å²) in [5.41, 5.74) is -1.27. The number of hydrogen-bond acceptors (Lipinski definition) is 15. The van der Waals surface area contributed by atoms with Gasteiger partial charge in [0.1, 0.15) is 24.4 Å². The van der Waals surface area contributed by atoms with Gasteiger partial charge in [-0.05, 0) is 124 Å². The molecule has 4 aliphatic heterocycles. The zero-order valence-electron chi connectivity index (χ0n) is 47.3. The fourth-order valence-electron chi connectivity index (χ4n) is 13.3. The number of esters is 4. The Morgan fingerprint density at radius 1 is 0.493 bits per heavy atom. The van der Waals surface area contributed by atoms with E-state index in [2.05, 4.69) is 132 Å². The van der Waals surface area contributed by atoms with E-state index in [0.717, 1.165) is 5.57 Å². The van der Waals surface area contributed by atoms with Crippen molar-refractivity contribution in [3.8, 4) is 0 Å². The number of nitrogens with one attached hydrogen (secondary N) is 4. The van der Waals surface area contributed by atoms with Crippen LogP contribution in [0, 0.1) is 17.8 Å². The first-order valence-electron chi connectivity index (χ1n) is 26.5. The Hall–Kier alpha value is -3.99. The maximum absolute atomic E-state index is 14.6. The van der Waals surface area contributed by atoms with Crippen molar-refractivity contribution < 1.29 is 53.1 Å². The Labute approximate surface area is 436 Å². The van der Waals surface area contributed by atoms with Gasteiger partial charge >= 0.3 is 23.9 Å². The molecule has 410 valence electrons. The van der Waals surface area contributed by atoms with E-state index in [1.165, 1.54) is 12.2 Å². The highest BCUT2D eigenvalue weighted by Gasteiger charge is 2.48. The van der Waals surface area contributed by atoms with Crippen LogP contribution < -0.4 is 21.3 Å². The Morgan fingerprint density at radius 2 is 0.781 bits per heavy atom. The minimum Gasteiger partial charge on any atom is -0.462 e. The lowest BCUT2D eigenvalue weighted by molar-refractivity contribution is -0.178. The van der Waals surface area contributed by atoms with Crippen LogP contribution >= 0.6 is 0 Å². The molecule has 3 unspecified atom stereocenters. The van der Waals surface area contributed by atoms with Crippen molar-refractivity contribution in [2.75, 3.05) is 0 Å². The first-order chi connectivity index (χ1) is 33.1. The molecule has 0 spiro atoms. The van der Waals surface area contributed by atoms with Gasteiger partial charge < -0.3 is 50.4 Å². The molecule has 3 atom stereocenters. The number of piperidine rings is 4. The number of carbonyl (C=O) groups is 5. The van der Waals surface area contributed by atoms with Crippen molar-refractivity contribution >= 4 is 29.7 Å². The zero-order chi connectivity index (χ0) is 55.0. The Morgan fingerprint density at radius 3 is 1.07 bits per heavy atom. The molecule has 4 fully saturated rings. The van der Waals surface area contributed by atoms with Crippen molar-refractivity contribution in [1.82, 2.24) is 21.3 Å². The number of allylic oxidation sites excluding steroid dienone is 2. The first-order valence-corrected chi connectivity index (χ1v) is 26.5. The minimum absolute atomic E-state index is 0.288. The van der Waals surface area contributed by atoms with Crippen LogP contribution in [0.5, 0.6) is 0 Å². The molecule has 0 bridgehead atoms. The van der Waals surface area contributed by atoms with Crippen LogP contribution in [0.3, 0.4) is 0 Å². The van der Waals surface area contributed by atoms with E-state index >= 15 is 0 Å². The van der Waals surface area contributed by atoms with Crippen LogP contribution in [-0.4, -0.2) is 114 Å². The summed E-state index contributed by atoms with van der Waals surface area (Å²) in [6.45, 7) is 34.8. The summed E-state index contributed by atoms with van der Waals surface area (Å²) in [5.74, 6) is -8.69. The standard InChI is InChI=1S/C44H78N4O8.C14H14O3/c1-37(2)19-27(20-38(3,4)45-37)53-33(49)17-31(35(51)55-29-23-41(9,10)47-42(11,12)24-29)32(36(52)56-30-25-43(13,14)48-44(15,16)26-30)18-34(50)54-28-21-39(5,6)46-40(7,8)22-28;1-10-7-8-12(14(16,17)9-10)13(15)11-5-3-2-4-6-11/h27-32,45-48H,17-26H2,1-16H3;2-9,12,16-17H,1H3. The van der Waals surface area contributed by atoms with Crippen LogP contribution in [0.15, 0.2) is 54.1 Å². The third kappa shape index (κ3) is 18.1. The number of ether oxygens (including phenoxy) is 4. The average Bonchev–Trinajstić information content (AvgIpc) is 3.14. The fraction of sp³-hybridized carbons (Fsp3) is 0.741. The lowest BCUT2D eigenvalue weighted by Gasteiger charge is -2.47. The van der Waals surface area contributed by atoms with Gasteiger partial charge in [0.05, 0.1) is 30.6 Å². The molecule has 1 aromatic rings. The third-order valence-electron chi connectivity index (χ3n) is 14.4. The van der Waals surface area contributed by atoms with E-state index in [0.29, 0.717) is 56.9 Å². The van der Waals surface area contributed by atoms with Crippen LogP contribution in [0.1, 0.15) is 192 Å². The summed E-state index contributed by atoms with van der Waals surface area (Å²) in [4.78, 5) is 69.4. The van der Waals surface area contributed by atoms with Crippen molar-refractivity contribution in [3.05, 3.63) is 59.7 Å². The second-order valence-electron chi connectivity index (χ2n) is 27.4. The van der Waals surface area contributed by atoms with Gasteiger partial charge in [0.15, 0.2) is 11.6 Å². The fourth-order valence-corrected chi connectivity index (χ4v) is 13.3. The lowest BCUT2D eigenvalue weighted by Crippen LogP contribution is -2.60. The van der Waals surface area contributed by atoms with Crippen LogP contribution in [0.2, 0.25) is 0 Å². The molecule has 1 aromatic carbocycles. The highest BCUT2D eigenvalue weighted by molar-refractivity contribution is 6.00. The highest BCUT2D eigenvalue weighted by Crippen LogP contribution is 2.38. The zero-order valence-corrected chi connectivity index (χ0v) is 47.3. The average molecular weight is 1020 g/mol. The second kappa shape index (κ2) is 21.9. The van der Waals surface area contributed by atoms with Gasteiger partial charge in [0, 0.05) is 101 Å². The van der Waals surface area contributed by atoms with Crippen molar-refractivity contribution in [1.29, 1.82) is 0 Å². The molecule has 0 radical (unpaired) electrons. The largest absolute Gasteiger partial charge is 0.462 e. The normalized spacial score (nSPS) is 26.6. The third-order valence-corrected chi connectivity index (χ3v) is 14.4. The maximum atomic E-state index is 14.6. The Balaban J connectivity index is 0.000000487. The molecular formula is C58H92N4O11. The summed E-state index contributed by atoms with van der Waals surface area (Å²) in [5, 5.41) is 34.1. The molecule has 4 heterocycles. The van der Waals surface area contributed by atoms with Gasteiger partial charge in [-0.1, -0.05) is 48.1 Å². The molecule has 5 aliphatic rings. The summed E-state index contributed by atoms with van der Waals surface area (Å²) in [6.07, 6.45) is 6.37. The van der Waals surface area contributed by atoms with E-state index in [-0.39, 0.29) is 50.1 Å². The molecule has 0 amide bonds. The monoisotopic (exact) mass is 1020 g/mol. The number of benzene rings is 1. The van der Waals surface area contributed by atoms with Gasteiger partial charge in [-0.2, -0.15) is 0 Å². The van der Waals surface area contributed by atoms with Crippen molar-refractivity contribution in [2.24, 2.45) is 17.8 Å². The predicted molar refractivity (Wildman–Crippen MR) is 282 cm³/mol. The second-order valence-corrected chi connectivity index (χ2v) is 27.4. The molecule has 4 saturated heterocycles. The molecule has 6 N–H and O–H groups in total. The number of aliphatic hydroxyl groups is 2. The Kier molecular flexibility index (Phi) is 18.0. The first kappa shape index (κ1) is 59.9. The van der Waals surface area contributed by atoms with Gasteiger partial charge in [-0.25, -0.2) is 0 Å². The number of hydrogen-bond donors (Lipinski definition) is 6. The van der Waals surface area contributed by atoms with Gasteiger partial charge in [-0.15, -0.1) is 0 Å². The molecule has 0 aromatic heterocycles. The van der Waals surface area contributed by atoms with Crippen molar-refractivity contribution in [2.45, 2.75) is 256 Å². The Bertz CT molecular complexity index is 2050. The number of Topliss-reactive ketones (excluding diaryl/α,β-unsaturated/α-hetero) is 1. The molecule has 0 saturated carbocycles. The van der Waals surface area contributed by atoms with E-state index in [1.54, 1.807) is 37.3 Å². The minimum atomic E-state index is -2.11. The van der Waals surface area contributed by atoms with E-state index < -0.39 is 84.7 Å². The SMILES string of the molecule is CC1(C)CC(OC(=O)CC(C(=O)OC2CC(C)(C)NC(C)(C)C2)C(CC(=O)OC2CC(C)(C)NC(C)(C)C2)C(=O)OC2CC(C)(C)NC(C)(C)C2)CC(C)(C)N1.CC1=CC(O)(O)C(C(=O)c2ccccc2)C=C1. The van der Waals surface area contributed by atoms with Gasteiger partial charge in [0.25, 0.3) is 0 Å². The van der Waals surface area contributed by atoms with Crippen LogP contribution in [0.25, 0.3) is 0 Å². The summed E-state index contributed by atoms with van der Waals surface area (Å²) < 4.78 is 24.8.